The van der Waals surface area contributed by atoms with Crippen molar-refractivity contribution in [2.24, 2.45) is 17.3 Å². The summed E-state index contributed by atoms with van der Waals surface area (Å²) in [4.78, 5) is 11.7. The summed E-state index contributed by atoms with van der Waals surface area (Å²) in [6.45, 7) is 4.07. The summed E-state index contributed by atoms with van der Waals surface area (Å²) in [6.07, 6.45) is 3.70. The van der Waals surface area contributed by atoms with Gasteiger partial charge in [-0.05, 0) is 17.8 Å². The molecule has 0 aromatic rings. The van der Waals surface area contributed by atoms with Crippen LogP contribution in [0.3, 0.4) is 0 Å². The minimum atomic E-state index is -0.0243. The molecule has 1 aliphatic heterocycles. The highest BCUT2D eigenvalue weighted by atomic mass is 16.5. The van der Waals surface area contributed by atoms with Crippen molar-refractivity contribution in [1.29, 1.82) is 0 Å². The Balaban J connectivity index is 2.20. The number of esters is 1. The normalized spacial score (nSPS) is 41.9. The third-order valence-electron chi connectivity index (χ3n) is 4.24. The molecule has 3 unspecified atom stereocenters. The van der Waals surface area contributed by atoms with Crippen LogP contribution in [0, 0.1) is 17.3 Å². The topological polar surface area (TPSA) is 38.3 Å². The van der Waals surface area contributed by atoms with Crippen LogP contribution in [0.5, 0.6) is 0 Å². The lowest BCUT2D eigenvalue weighted by Crippen LogP contribution is -2.37. The third-order valence-corrected chi connectivity index (χ3v) is 4.24. The number of methoxy groups -OCH3 is 1. The number of carbonyl (C=O) groups is 1. The molecule has 2 aliphatic rings. The van der Waals surface area contributed by atoms with Crippen LogP contribution < -0.4 is 5.32 Å². The summed E-state index contributed by atoms with van der Waals surface area (Å²) < 4.78 is 4.89. The highest BCUT2D eigenvalue weighted by Gasteiger charge is 2.52. The SMILES string of the molecule is COC(=O)C1CNCC12CCCC2C. The smallest absolute Gasteiger partial charge is 0.310 e. The Kier molecular flexibility index (Phi) is 2.52. The van der Waals surface area contributed by atoms with Gasteiger partial charge in [0, 0.05) is 13.1 Å². The average molecular weight is 197 g/mol. The zero-order chi connectivity index (χ0) is 10.2. The van der Waals surface area contributed by atoms with Crippen molar-refractivity contribution < 1.29 is 9.53 Å². The Morgan fingerprint density at radius 3 is 2.93 bits per heavy atom. The first-order valence-corrected chi connectivity index (χ1v) is 5.49. The van der Waals surface area contributed by atoms with E-state index >= 15 is 0 Å². The van der Waals surface area contributed by atoms with E-state index in [1.165, 1.54) is 26.4 Å². The summed E-state index contributed by atoms with van der Waals surface area (Å²) in [5.74, 6) is 0.718. The van der Waals surface area contributed by atoms with Crippen molar-refractivity contribution >= 4 is 5.97 Å². The van der Waals surface area contributed by atoms with Crippen LogP contribution in [0.15, 0.2) is 0 Å². The van der Waals surface area contributed by atoms with E-state index < -0.39 is 0 Å². The lowest BCUT2D eigenvalue weighted by atomic mass is 9.71. The van der Waals surface area contributed by atoms with Crippen LogP contribution in [0.2, 0.25) is 0 Å². The Morgan fingerprint density at radius 1 is 1.57 bits per heavy atom. The highest BCUT2D eigenvalue weighted by Crippen LogP contribution is 2.50. The molecule has 1 saturated carbocycles. The number of nitrogens with one attached hydrogen (secondary N) is 1. The standard InChI is InChI=1S/C11H19NO2/c1-8-4-3-5-11(8)7-12-6-9(11)10(13)14-2/h8-9,12H,3-7H2,1-2H3. The molecule has 1 N–H and O–H groups in total. The van der Waals surface area contributed by atoms with Crippen LogP contribution in [-0.4, -0.2) is 26.2 Å². The predicted octanol–water partition coefficient (Wildman–Crippen LogP) is 1.19. The molecule has 0 aromatic heterocycles. The number of ether oxygens (including phenoxy) is 1. The number of rotatable bonds is 1. The van der Waals surface area contributed by atoms with E-state index in [4.69, 9.17) is 4.74 Å². The molecule has 0 amide bonds. The fraction of sp³-hybridized carbons (Fsp3) is 0.909. The van der Waals surface area contributed by atoms with Crippen molar-refractivity contribution in [3.8, 4) is 0 Å². The van der Waals surface area contributed by atoms with E-state index in [1.54, 1.807) is 0 Å². The van der Waals surface area contributed by atoms with Crippen molar-refractivity contribution in [2.75, 3.05) is 20.2 Å². The van der Waals surface area contributed by atoms with Crippen molar-refractivity contribution in [3.05, 3.63) is 0 Å². The largest absolute Gasteiger partial charge is 0.469 e. The van der Waals surface area contributed by atoms with E-state index in [0.717, 1.165) is 13.1 Å². The monoisotopic (exact) mass is 197 g/mol. The molecule has 0 aromatic carbocycles. The molecule has 14 heavy (non-hydrogen) atoms. The van der Waals surface area contributed by atoms with Gasteiger partial charge < -0.3 is 10.1 Å². The van der Waals surface area contributed by atoms with Crippen LogP contribution >= 0.6 is 0 Å². The zero-order valence-corrected chi connectivity index (χ0v) is 9.01. The minimum absolute atomic E-state index is 0.0243. The summed E-state index contributed by atoms with van der Waals surface area (Å²) in [7, 11) is 1.49. The van der Waals surface area contributed by atoms with E-state index in [0.29, 0.717) is 5.92 Å². The molecule has 3 nitrogen and oxygen atoms in total. The van der Waals surface area contributed by atoms with Gasteiger partial charge in [-0.1, -0.05) is 19.8 Å². The average Bonchev–Trinajstić information content (AvgIpc) is 2.76. The van der Waals surface area contributed by atoms with Crippen molar-refractivity contribution in [2.45, 2.75) is 26.2 Å². The van der Waals surface area contributed by atoms with E-state index in [1.807, 2.05) is 0 Å². The van der Waals surface area contributed by atoms with Gasteiger partial charge in [-0.15, -0.1) is 0 Å². The fourth-order valence-electron chi connectivity index (χ4n) is 3.29. The van der Waals surface area contributed by atoms with Gasteiger partial charge >= 0.3 is 5.97 Å². The molecule has 3 heteroatoms. The summed E-state index contributed by atoms with van der Waals surface area (Å²) in [5.41, 5.74) is 0.201. The molecule has 0 radical (unpaired) electrons. The van der Waals surface area contributed by atoms with Crippen LogP contribution in [-0.2, 0) is 9.53 Å². The molecule has 1 saturated heterocycles. The Morgan fingerprint density at radius 2 is 2.36 bits per heavy atom. The Bertz CT molecular complexity index is 237. The molecule has 3 atom stereocenters. The lowest BCUT2D eigenvalue weighted by molar-refractivity contribution is -0.149. The second kappa shape index (κ2) is 3.54. The predicted molar refractivity (Wildman–Crippen MR) is 53.8 cm³/mol. The van der Waals surface area contributed by atoms with E-state index in [-0.39, 0.29) is 17.3 Å². The van der Waals surface area contributed by atoms with E-state index in [2.05, 4.69) is 12.2 Å². The molecule has 0 bridgehead atoms. The number of carbonyl (C=O) groups excluding carboxylic acids is 1. The van der Waals surface area contributed by atoms with Crippen molar-refractivity contribution in [3.63, 3.8) is 0 Å². The number of hydrogen-bond acceptors (Lipinski definition) is 3. The summed E-state index contributed by atoms with van der Waals surface area (Å²) >= 11 is 0. The van der Waals surface area contributed by atoms with Gasteiger partial charge in [0.15, 0.2) is 0 Å². The Hall–Kier alpha value is -0.570. The first-order chi connectivity index (χ1) is 6.70. The summed E-state index contributed by atoms with van der Waals surface area (Å²) in [5, 5.41) is 3.35. The molecular formula is C11H19NO2. The number of hydrogen-bond donors (Lipinski definition) is 1. The lowest BCUT2D eigenvalue weighted by Gasteiger charge is -2.32. The van der Waals surface area contributed by atoms with Gasteiger partial charge in [-0.2, -0.15) is 0 Å². The summed E-state index contributed by atoms with van der Waals surface area (Å²) in [6, 6.07) is 0. The zero-order valence-electron chi connectivity index (χ0n) is 9.01. The second-order valence-electron chi connectivity index (χ2n) is 4.73. The quantitative estimate of drug-likeness (QED) is 0.642. The Labute approximate surface area is 85.2 Å². The highest BCUT2D eigenvalue weighted by molar-refractivity contribution is 5.74. The third kappa shape index (κ3) is 1.26. The van der Waals surface area contributed by atoms with Gasteiger partial charge in [0.25, 0.3) is 0 Å². The van der Waals surface area contributed by atoms with Gasteiger partial charge in [-0.25, -0.2) is 0 Å². The van der Waals surface area contributed by atoms with Crippen LogP contribution in [0.1, 0.15) is 26.2 Å². The van der Waals surface area contributed by atoms with Gasteiger partial charge in [-0.3, -0.25) is 4.79 Å². The molecule has 1 spiro atoms. The second-order valence-corrected chi connectivity index (χ2v) is 4.73. The molecular weight excluding hydrogens is 178 g/mol. The van der Waals surface area contributed by atoms with Gasteiger partial charge in [0.05, 0.1) is 13.0 Å². The molecule has 1 heterocycles. The van der Waals surface area contributed by atoms with Gasteiger partial charge in [0.1, 0.15) is 0 Å². The molecule has 80 valence electrons. The minimum Gasteiger partial charge on any atom is -0.469 e. The molecule has 1 aliphatic carbocycles. The van der Waals surface area contributed by atoms with Crippen LogP contribution in [0.25, 0.3) is 0 Å². The maximum Gasteiger partial charge on any atom is 0.310 e. The maximum atomic E-state index is 11.7. The molecule has 2 fully saturated rings. The van der Waals surface area contributed by atoms with E-state index in [9.17, 15) is 4.79 Å². The first kappa shape index (κ1) is 9.97. The maximum absolute atomic E-state index is 11.7. The van der Waals surface area contributed by atoms with Gasteiger partial charge in [0.2, 0.25) is 0 Å². The first-order valence-electron chi connectivity index (χ1n) is 5.49. The molecule has 2 rings (SSSR count). The van der Waals surface area contributed by atoms with Crippen molar-refractivity contribution in [1.82, 2.24) is 5.32 Å². The van der Waals surface area contributed by atoms with Crippen LogP contribution in [0.4, 0.5) is 0 Å². The fourth-order valence-corrected chi connectivity index (χ4v) is 3.29.